The van der Waals surface area contributed by atoms with E-state index >= 15 is 0 Å². The molecule has 3 rings (SSSR count). The molecule has 6 nitrogen and oxygen atoms in total. The van der Waals surface area contributed by atoms with Crippen LogP contribution < -0.4 is 0 Å². The fourth-order valence-electron chi connectivity index (χ4n) is 2.49. The van der Waals surface area contributed by atoms with Crippen molar-refractivity contribution in [3.05, 3.63) is 58.6 Å². The SMILES string of the molecule is CCc1cc(/C(Cc2nnc(-c3ccccc3)s2)=N\O)c(O)cc1O. The van der Waals surface area contributed by atoms with Crippen LogP contribution in [0.2, 0.25) is 0 Å². The van der Waals surface area contributed by atoms with E-state index in [4.69, 9.17) is 0 Å². The molecule has 2 aromatic carbocycles. The average Bonchev–Trinajstić information content (AvgIpc) is 3.10. The Morgan fingerprint density at radius 1 is 1.08 bits per heavy atom. The number of hydrogen-bond donors (Lipinski definition) is 3. The van der Waals surface area contributed by atoms with Crippen LogP contribution in [-0.2, 0) is 12.8 Å². The van der Waals surface area contributed by atoms with E-state index in [-0.39, 0.29) is 23.6 Å². The van der Waals surface area contributed by atoms with Crippen LogP contribution >= 0.6 is 11.3 Å². The van der Waals surface area contributed by atoms with Crippen molar-refractivity contribution in [2.24, 2.45) is 5.16 Å². The molecule has 0 saturated heterocycles. The van der Waals surface area contributed by atoms with E-state index in [2.05, 4.69) is 15.4 Å². The second-order valence-electron chi connectivity index (χ2n) is 5.44. The highest BCUT2D eigenvalue weighted by Gasteiger charge is 2.17. The van der Waals surface area contributed by atoms with Gasteiger partial charge in [0.05, 0.1) is 5.71 Å². The Kier molecular flexibility index (Phi) is 4.95. The van der Waals surface area contributed by atoms with Gasteiger partial charge in [0.2, 0.25) is 0 Å². The molecule has 0 fully saturated rings. The molecule has 0 saturated carbocycles. The molecular weight excluding hydrogens is 338 g/mol. The van der Waals surface area contributed by atoms with E-state index in [1.165, 1.54) is 17.4 Å². The van der Waals surface area contributed by atoms with Gasteiger partial charge < -0.3 is 15.4 Å². The van der Waals surface area contributed by atoms with E-state index in [0.29, 0.717) is 22.6 Å². The van der Waals surface area contributed by atoms with Crippen LogP contribution in [0.15, 0.2) is 47.6 Å². The lowest BCUT2D eigenvalue weighted by Gasteiger charge is -2.09. The van der Waals surface area contributed by atoms with Crippen LogP contribution in [0.25, 0.3) is 10.6 Å². The maximum absolute atomic E-state index is 10.1. The summed E-state index contributed by atoms with van der Waals surface area (Å²) in [4.78, 5) is 0. The molecule has 0 radical (unpaired) electrons. The van der Waals surface area contributed by atoms with Gasteiger partial charge in [0.15, 0.2) is 0 Å². The summed E-state index contributed by atoms with van der Waals surface area (Å²) in [6.07, 6.45) is 0.817. The number of phenolic OH excluding ortho intramolecular Hbond substituents is 2. The minimum absolute atomic E-state index is 0.0170. The molecule has 0 bridgehead atoms. The molecule has 7 heteroatoms. The molecule has 0 aliphatic rings. The Labute approximate surface area is 148 Å². The second kappa shape index (κ2) is 7.31. The van der Waals surface area contributed by atoms with Gasteiger partial charge in [0.1, 0.15) is 21.5 Å². The van der Waals surface area contributed by atoms with Crippen molar-refractivity contribution in [1.82, 2.24) is 10.2 Å². The van der Waals surface area contributed by atoms with Crippen molar-refractivity contribution in [2.75, 3.05) is 0 Å². The zero-order valence-electron chi connectivity index (χ0n) is 13.5. The maximum atomic E-state index is 10.1. The third-order valence-electron chi connectivity index (χ3n) is 3.82. The standard InChI is InChI=1S/C18H17N3O3S/c1-2-11-8-13(16(23)10-15(11)22)14(21-24)9-17-19-20-18(25-17)12-6-4-3-5-7-12/h3-8,10,22-24H,2,9H2,1H3/b21-14-. The third-order valence-corrected chi connectivity index (χ3v) is 4.79. The highest BCUT2D eigenvalue weighted by atomic mass is 32.1. The van der Waals surface area contributed by atoms with Gasteiger partial charge in [-0.15, -0.1) is 10.2 Å². The molecule has 0 unspecified atom stereocenters. The lowest BCUT2D eigenvalue weighted by Crippen LogP contribution is -2.06. The van der Waals surface area contributed by atoms with Gasteiger partial charge in [-0.1, -0.05) is 53.7 Å². The molecular formula is C18H17N3O3S. The van der Waals surface area contributed by atoms with E-state index in [0.717, 1.165) is 10.6 Å². The smallest absolute Gasteiger partial charge is 0.147 e. The van der Waals surface area contributed by atoms with E-state index in [1.807, 2.05) is 37.3 Å². The van der Waals surface area contributed by atoms with Crippen molar-refractivity contribution in [3.8, 4) is 22.1 Å². The average molecular weight is 355 g/mol. The molecule has 0 amide bonds. The van der Waals surface area contributed by atoms with Crippen molar-refractivity contribution in [3.63, 3.8) is 0 Å². The first kappa shape index (κ1) is 16.9. The Balaban J connectivity index is 1.88. The Bertz CT molecular complexity index is 907. The van der Waals surface area contributed by atoms with Crippen LogP contribution in [0.1, 0.15) is 23.1 Å². The van der Waals surface area contributed by atoms with Gasteiger partial charge in [-0.2, -0.15) is 0 Å². The fourth-order valence-corrected chi connectivity index (χ4v) is 3.34. The lowest BCUT2D eigenvalue weighted by molar-refractivity contribution is 0.318. The van der Waals surface area contributed by atoms with Crippen molar-refractivity contribution < 1.29 is 15.4 Å². The number of aromatic hydroxyl groups is 2. The van der Waals surface area contributed by atoms with E-state index in [9.17, 15) is 15.4 Å². The summed E-state index contributed by atoms with van der Waals surface area (Å²) in [6, 6.07) is 12.6. The summed E-state index contributed by atoms with van der Waals surface area (Å²) in [5.41, 5.74) is 2.27. The molecule has 0 aliphatic heterocycles. The topological polar surface area (TPSA) is 98.8 Å². The van der Waals surface area contributed by atoms with Crippen molar-refractivity contribution >= 4 is 17.0 Å². The summed E-state index contributed by atoms with van der Waals surface area (Å²) in [5.74, 6) is -0.126. The summed E-state index contributed by atoms with van der Waals surface area (Å²) >= 11 is 1.40. The van der Waals surface area contributed by atoms with Gasteiger partial charge in [0, 0.05) is 23.6 Å². The first-order valence-electron chi connectivity index (χ1n) is 7.76. The van der Waals surface area contributed by atoms with Gasteiger partial charge >= 0.3 is 0 Å². The number of aromatic nitrogens is 2. The number of rotatable bonds is 5. The zero-order valence-corrected chi connectivity index (χ0v) is 14.4. The summed E-state index contributed by atoms with van der Waals surface area (Å²) in [7, 11) is 0. The number of benzene rings is 2. The summed E-state index contributed by atoms with van der Waals surface area (Å²) in [6.45, 7) is 1.89. The van der Waals surface area contributed by atoms with Gasteiger partial charge in [-0.05, 0) is 18.1 Å². The second-order valence-corrected chi connectivity index (χ2v) is 6.50. The monoisotopic (exact) mass is 355 g/mol. The fraction of sp³-hybridized carbons (Fsp3) is 0.167. The van der Waals surface area contributed by atoms with Gasteiger partial charge in [-0.25, -0.2) is 0 Å². The first-order chi connectivity index (χ1) is 12.1. The molecule has 0 aliphatic carbocycles. The molecule has 128 valence electrons. The normalized spacial score (nSPS) is 11.6. The number of aryl methyl sites for hydroxylation is 1. The maximum Gasteiger partial charge on any atom is 0.147 e. The van der Waals surface area contributed by atoms with Crippen LogP contribution in [-0.4, -0.2) is 31.3 Å². The van der Waals surface area contributed by atoms with Crippen molar-refractivity contribution in [1.29, 1.82) is 0 Å². The molecule has 0 spiro atoms. The quantitative estimate of drug-likeness (QED) is 0.369. The minimum atomic E-state index is -0.143. The number of nitrogens with zero attached hydrogens (tertiary/aromatic N) is 3. The molecule has 25 heavy (non-hydrogen) atoms. The highest BCUT2D eigenvalue weighted by molar-refractivity contribution is 7.14. The molecule has 1 heterocycles. The summed E-state index contributed by atoms with van der Waals surface area (Å²) < 4.78 is 0. The third kappa shape index (κ3) is 3.61. The Hall–Kier alpha value is -2.93. The molecule has 3 N–H and O–H groups in total. The predicted molar refractivity (Wildman–Crippen MR) is 96.5 cm³/mol. The summed E-state index contributed by atoms with van der Waals surface area (Å²) in [5, 5.41) is 42.4. The minimum Gasteiger partial charge on any atom is -0.508 e. The van der Waals surface area contributed by atoms with E-state index < -0.39 is 0 Å². The van der Waals surface area contributed by atoms with Crippen LogP contribution in [0, 0.1) is 0 Å². The number of hydrogen-bond acceptors (Lipinski definition) is 7. The predicted octanol–water partition coefficient (Wildman–Crippen LogP) is 3.60. The highest BCUT2D eigenvalue weighted by Crippen LogP contribution is 2.30. The Morgan fingerprint density at radius 2 is 1.84 bits per heavy atom. The van der Waals surface area contributed by atoms with Crippen LogP contribution in [0.3, 0.4) is 0 Å². The zero-order chi connectivity index (χ0) is 17.8. The lowest BCUT2D eigenvalue weighted by atomic mass is 10.0. The van der Waals surface area contributed by atoms with Crippen LogP contribution in [0.4, 0.5) is 0 Å². The van der Waals surface area contributed by atoms with Gasteiger partial charge in [0.25, 0.3) is 0 Å². The largest absolute Gasteiger partial charge is 0.508 e. The molecule has 1 aromatic heterocycles. The van der Waals surface area contributed by atoms with Crippen molar-refractivity contribution in [2.45, 2.75) is 19.8 Å². The molecule has 3 aromatic rings. The Morgan fingerprint density at radius 3 is 2.52 bits per heavy atom. The number of oxime groups is 1. The first-order valence-corrected chi connectivity index (χ1v) is 8.58. The van der Waals surface area contributed by atoms with Gasteiger partial charge in [-0.3, -0.25) is 0 Å². The molecule has 0 atom stereocenters. The van der Waals surface area contributed by atoms with Crippen LogP contribution in [0.5, 0.6) is 11.5 Å². The number of phenols is 2. The van der Waals surface area contributed by atoms with E-state index in [1.54, 1.807) is 6.07 Å².